The van der Waals surface area contributed by atoms with Gasteiger partial charge < -0.3 is 39.9 Å². The van der Waals surface area contributed by atoms with Crippen LogP contribution in [0.25, 0.3) is 11.0 Å². The van der Waals surface area contributed by atoms with Gasteiger partial charge in [0, 0.05) is 6.04 Å². The molecule has 1 aliphatic carbocycles. The van der Waals surface area contributed by atoms with Crippen molar-refractivity contribution in [2.75, 3.05) is 18.5 Å². The minimum Gasteiger partial charge on any atom is -0.393 e. The molecule has 0 spiro atoms. The number of hydrogen-bond donors (Lipinski definition) is 6. The van der Waals surface area contributed by atoms with Crippen molar-refractivity contribution in [3.63, 3.8) is 0 Å². The van der Waals surface area contributed by atoms with Gasteiger partial charge in [-0.15, -0.1) is 0 Å². The summed E-state index contributed by atoms with van der Waals surface area (Å²) >= 11 is 6.08. The molecule has 0 unspecified atom stereocenters. The van der Waals surface area contributed by atoms with Crippen LogP contribution < -0.4 is 5.32 Å². The second-order valence-corrected chi connectivity index (χ2v) is 10.5. The first-order valence-corrected chi connectivity index (χ1v) is 12.0. The van der Waals surface area contributed by atoms with Crippen LogP contribution >= 0.6 is 19.2 Å². The number of aromatic nitrogens is 4. The standard InChI is InChI=1S/C17H25ClN5O8P/c1-17(7-24,32(27,28)29)30-6-10-11(25)12(26)15(31-10)23-14-9(5-19-23)13(21-16(18)22-14)20-8-3-2-4-8/h5,8,10-12,15,24-26H,2-4,6-7H2,1H3,(H,20,21,22)(H2,27,28,29)/t10-,11-,12-,15-,17-/m1/s1. The summed E-state index contributed by atoms with van der Waals surface area (Å²) in [4.78, 5) is 27.2. The smallest absolute Gasteiger partial charge is 0.359 e. The largest absolute Gasteiger partial charge is 0.393 e. The molecule has 6 N–H and O–H groups in total. The molecule has 0 radical (unpaired) electrons. The molecule has 3 heterocycles. The van der Waals surface area contributed by atoms with Crippen molar-refractivity contribution in [2.24, 2.45) is 0 Å². The van der Waals surface area contributed by atoms with Crippen molar-refractivity contribution >= 4 is 36.0 Å². The Bertz CT molecular complexity index is 1030. The van der Waals surface area contributed by atoms with E-state index in [0.717, 1.165) is 26.2 Å². The molecule has 2 aromatic heterocycles. The highest BCUT2D eigenvalue weighted by molar-refractivity contribution is 7.53. The molecular formula is C17H25ClN5O8P. The third-order valence-electron chi connectivity index (χ3n) is 5.92. The van der Waals surface area contributed by atoms with Gasteiger partial charge in [0.1, 0.15) is 24.1 Å². The number of rotatable bonds is 8. The second-order valence-electron chi connectivity index (χ2n) is 8.17. The maximum Gasteiger partial charge on any atom is 0.359 e. The lowest BCUT2D eigenvalue weighted by Gasteiger charge is -2.29. The van der Waals surface area contributed by atoms with E-state index in [1.54, 1.807) is 0 Å². The van der Waals surface area contributed by atoms with Crippen LogP contribution in [0.15, 0.2) is 6.20 Å². The van der Waals surface area contributed by atoms with Gasteiger partial charge in [-0.05, 0) is 37.8 Å². The molecule has 1 saturated carbocycles. The van der Waals surface area contributed by atoms with E-state index in [4.69, 9.17) is 21.1 Å². The fourth-order valence-corrected chi connectivity index (χ4v) is 4.09. The monoisotopic (exact) mass is 493 g/mol. The lowest BCUT2D eigenvalue weighted by Crippen LogP contribution is -2.39. The quantitative estimate of drug-likeness (QED) is 0.213. The van der Waals surface area contributed by atoms with Gasteiger partial charge in [-0.2, -0.15) is 15.1 Å². The van der Waals surface area contributed by atoms with Crippen molar-refractivity contribution in [1.82, 2.24) is 19.7 Å². The molecule has 2 aliphatic rings. The molecule has 0 bridgehead atoms. The summed E-state index contributed by atoms with van der Waals surface area (Å²) in [6.07, 6.45) is -0.586. The number of nitrogens with zero attached hydrogens (tertiary/aromatic N) is 4. The van der Waals surface area contributed by atoms with Crippen molar-refractivity contribution in [2.45, 2.75) is 62.1 Å². The third-order valence-corrected chi connectivity index (χ3v) is 7.59. The number of aliphatic hydroxyl groups is 3. The normalized spacial score (nSPS) is 28.6. The first kappa shape index (κ1) is 23.7. The zero-order chi connectivity index (χ0) is 23.3. The van der Waals surface area contributed by atoms with Crippen LogP contribution in [0.1, 0.15) is 32.4 Å². The molecular weight excluding hydrogens is 469 g/mol. The molecule has 0 aromatic carbocycles. The zero-order valence-electron chi connectivity index (χ0n) is 17.1. The van der Waals surface area contributed by atoms with E-state index in [0.29, 0.717) is 11.2 Å². The summed E-state index contributed by atoms with van der Waals surface area (Å²) in [5.74, 6) is 0.504. The molecule has 4 rings (SSSR count). The van der Waals surface area contributed by atoms with Crippen LogP contribution in [-0.4, -0.2) is 87.8 Å². The number of fused-ring (bicyclic) bond motifs is 1. The molecule has 2 aromatic rings. The van der Waals surface area contributed by atoms with Crippen LogP contribution in [0.2, 0.25) is 5.28 Å². The number of ether oxygens (including phenoxy) is 2. The molecule has 2 fully saturated rings. The Kier molecular flexibility index (Phi) is 6.49. The van der Waals surface area contributed by atoms with E-state index in [9.17, 15) is 29.7 Å². The number of aliphatic hydroxyl groups excluding tert-OH is 3. The van der Waals surface area contributed by atoms with Crippen molar-refractivity contribution in [3.8, 4) is 0 Å². The van der Waals surface area contributed by atoms with Crippen molar-refractivity contribution in [3.05, 3.63) is 11.5 Å². The van der Waals surface area contributed by atoms with E-state index in [1.807, 2.05) is 0 Å². The first-order chi connectivity index (χ1) is 15.0. The highest BCUT2D eigenvalue weighted by Crippen LogP contribution is 2.51. The predicted octanol–water partition coefficient (Wildman–Crippen LogP) is -0.0339. The molecule has 0 amide bonds. The van der Waals surface area contributed by atoms with Crippen molar-refractivity contribution < 1.29 is 39.1 Å². The lowest BCUT2D eigenvalue weighted by atomic mass is 9.93. The van der Waals surface area contributed by atoms with Crippen LogP contribution in [0, 0.1) is 0 Å². The molecule has 1 aliphatic heterocycles. The van der Waals surface area contributed by atoms with Crippen LogP contribution in [0.4, 0.5) is 5.82 Å². The van der Waals surface area contributed by atoms with Crippen molar-refractivity contribution in [1.29, 1.82) is 0 Å². The zero-order valence-corrected chi connectivity index (χ0v) is 18.7. The summed E-state index contributed by atoms with van der Waals surface area (Å²) in [5, 5.41) is 36.2. The van der Waals surface area contributed by atoms with Crippen LogP contribution in [-0.2, 0) is 14.0 Å². The minimum atomic E-state index is -4.82. The fourth-order valence-electron chi connectivity index (χ4n) is 3.49. The number of nitrogens with one attached hydrogen (secondary N) is 1. The summed E-state index contributed by atoms with van der Waals surface area (Å²) in [5.41, 5.74) is 0.278. The van der Waals surface area contributed by atoms with E-state index in [2.05, 4.69) is 20.4 Å². The van der Waals surface area contributed by atoms with Gasteiger partial charge in [-0.25, -0.2) is 4.68 Å². The summed E-state index contributed by atoms with van der Waals surface area (Å²) in [7, 11) is -4.82. The number of hydrogen-bond acceptors (Lipinski definition) is 10. The molecule has 15 heteroatoms. The Morgan fingerprint density at radius 2 is 2.06 bits per heavy atom. The van der Waals surface area contributed by atoms with Gasteiger partial charge in [0.25, 0.3) is 0 Å². The average Bonchev–Trinajstić information content (AvgIpc) is 3.23. The average molecular weight is 494 g/mol. The second kappa shape index (κ2) is 8.75. The maximum absolute atomic E-state index is 11.6. The van der Waals surface area contributed by atoms with E-state index < -0.39 is 50.7 Å². The van der Waals surface area contributed by atoms with Gasteiger partial charge in [-0.1, -0.05) is 0 Å². The van der Waals surface area contributed by atoms with Gasteiger partial charge in [0.05, 0.1) is 24.8 Å². The Hall–Kier alpha value is -1.41. The number of halogens is 1. The van der Waals surface area contributed by atoms with E-state index in [-0.39, 0.29) is 17.0 Å². The van der Waals surface area contributed by atoms with Gasteiger partial charge in [0.15, 0.2) is 17.2 Å². The Morgan fingerprint density at radius 3 is 2.66 bits per heavy atom. The summed E-state index contributed by atoms with van der Waals surface area (Å²) in [6, 6.07) is 0.277. The SMILES string of the molecule is C[C@@](CO)(OC[C@H]1O[C@@H](n2ncc3c(NC4CCC4)nc(Cl)nc32)[C@H](O)[C@@H]1O)P(=O)(O)O. The Morgan fingerprint density at radius 1 is 1.34 bits per heavy atom. The third kappa shape index (κ3) is 4.25. The first-order valence-electron chi connectivity index (χ1n) is 10.0. The molecule has 13 nitrogen and oxygen atoms in total. The Balaban J connectivity index is 1.56. The highest BCUT2D eigenvalue weighted by Gasteiger charge is 2.48. The summed E-state index contributed by atoms with van der Waals surface area (Å²) < 4.78 is 23.8. The number of anilines is 1. The lowest BCUT2D eigenvalue weighted by molar-refractivity contribution is -0.104. The van der Waals surface area contributed by atoms with Gasteiger partial charge >= 0.3 is 7.60 Å². The van der Waals surface area contributed by atoms with Gasteiger partial charge in [0.2, 0.25) is 5.28 Å². The Labute approximate surface area is 187 Å². The van der Waals surface area contributed by atoms with E-state index >= 15 is 0 Å². The molecule has 5 atom stereocenters. The topological polar surface area (TPSA) is 192 Å². The van der Waals surface area contributed by atoms with Crippen LogP contribution in [0.3, 0.4) is 0 Å². The summed E-state index contributed by atoms with van der Waals surface area (Å²) in [6.45, 7) is -0.415. The maximum atomic E-state index is 11.6. The fraction of sp³-hybridized carbons (Fsp3) is 0.706. The molecule has 178 valence electrons. The molecule has 32 heavy (non-hydrogen) atoms. The highest BCUT2D eigenvalue weighted by atomic mass is 35.5. The van der Waals surface area contributed by atoms with Gasteiger partial charge in [-0.3, -0.25) is 4.57 Å². The van der Waals surface area contributed by atoms with E-state index in [1.165, 1.54) is 10.9 Å². The predicted molar refractivity (Wildman–Crippen MR) is 111 cm³/mol. The van der Waals surface area contributed by atoms with Crippen LogP contribution in [0.5, 0.6) is 0 Å². The molecule has 1 saturated heterocycles. The minimum absolute atomic E-state index is 0.0330.